The summed E-state index contributed by atoms with van der Waals surface area (Å²) in [6, 6.07) is 11.9. The quantitative estimate of drug-likeness (QED) is 0.577. The number of H-pyrrole nitrogens is 1. The number of nitrogens with zero attached hydrogens (tertiary/aromatic N) is 1. The second kappa shape index (κ2) is 6.17. The number of carbonyl (C=O) groups excluding carboxylic acids is 1. The second-order valence-electron chi connectivity index (χ2n) is 4.44. The average Bonchev–Trinajstić information content (AvgIpc) is 3.20. The molecular formula is C16H14N2O4. The van der Waals surface area contributed by atoms with Gasteiger partial charge in [-0.05, 0) is 43.3 Å². The Balaban J connectivity index is 1.69. The highest BCUT2D eigenvalue weighted by Crippen LogP contribution is 2.20. The minimum atomic E-state index is -0.519. The maximum Gasteiger partial charge on any atom is 0.361 e. The number of furan rings is 1. The smallest absolute Gasteiger partial charge is 0.361 e. The first-order valence-electron chi connectivity index (χ1n) is 6.80. The number of carbonyl (C=O) groups is 1. The number of aromatic nitrogens is 2. The molecule has 0 saturated heterocycles. The van der Waals surface area contributed by atoms with Crippen LogP contribution in [0.1, 0.15) is 17.4 Å². The summed E-state index contributed by atoms with van der Waals surface area (Å²) in [4.78, 5) is 12.1. The number of hydrogen-bond donors (Lipinski definition) is 1. The molecule has 0 radical (unpaired) electrons. The summed E-state index contributed by atoms with van der Waals surface area (Å²) in [5, 5.41) is 6.66. The van der Waals surface area contributed by atoms with E-state index >= 15 is 0 Å². The fourth-order valence-corrected chi connectivity index (χ4v) is 1.91. The van der Waals surface area contributed by atoms with E-state index in [4.69, 9.17) is 13.9 Å². The number of hydrogen-bond acceptors (Lipinski definition) is 5. The highest BCUT2D eigenvalue weighted by Gasteiger charge is 2.14. The molecule has 1 aromatic carbocycles. The minimum Gasteiger partial charge on any atom is -0.494 e. The van der Waals surface area contributed by atoms with Gasteiger partial charge in [-0.15, -0.1) is 0 Å². The van der Waals surface area contributed by atoms with Crippen LogP contribution in [0.2, 0.25) is 0 Å². The molecule has 1 N–H and O–H groups in total. The first-order chi connectivity index (χ1) is 10.8. The van der Waals surface area contributed by atoms with Gasteiger partial charge in [-0.3, -0.25) is 5.10 Å². The molecule has 22 heavy (non-hydrogen) atoms. The lowest BCUT2D eigenvalue weighted by Crippen LogP contribution is -2.08. The number of ether oxygens (including phenoxy) is 2. The van der Waals surface area contributed by atoms with E-state index in [-0.39, 0.29) is 5.69 Å². The lowest BCUT2D eigenvalue weighted by atomic mass is 10.3. The van der Waals surface area contributed by atoms with E-state index in [0.29, 0.717) is 23.8 Å². The van der Waals surface area contributed by atoms with E-state index < -0.39 is 5.97 Å². The number of aromatic amines is 1. The summed E-state index contributed by atoms with van der Waals surface area (Å²) in [5.41, 5.74) is 0.795. The van der Waals surface area contributed by atoms with Crippen LogP contribution in [-0.4, -0.2) is 22.8 Å². The standard InChI is InChI=1S/C16H14N2O4/c1-2-20-11-5-7-12(8-6-11)22-16(19)14-10-13(17-18-14)15-4-3-9-21-15/h3-10H,2H2,1H3,(H,17,18). The Morgan fingerprint density at radius 2 is 2.00 bits per heavy atom. The summed E-state index contributed by atoms with van der Waals surface area (Å²) in [7, 11) is 0. The van der Waals surface area contributed by atoms with Gasteiger partial charge in [-0.2, -0.15) is 5.10 Å². The van der Waals surface area contributed by atoms with Gasteiger partial charge in [-0.25, -0.2) is 4.79 Å². The third-order valence-corrected chi connectivity index (χ3v) is 2.92. The van der Waals surface area contributed by atoms with Gasteiger partial charge in [-0.1, -0.05) is 0 Å². The van der Waals surface area contributed by atoms with Crippen molar-refractivity contribution >= 4 is 5.97 Å². The maximum absolute atomic E-state index is 12.1. The van der Waals surface area contributed by atoms with E-state index in [2.05, 4.69) is 10.2 Å². The van der Waals surface area contributed by atoms with Crippen LogP contribution in [0.5, 0.6) is 11.5 Å². The van der Waals surface area contributed by atoms with Crippen molar-refractivity contribution in [3.8, 4) is 23.0 Å². The van der Waals surface area contributed by atoms with Crippen molar-refractivity contribution in [3.63, 3.8) is 0 Å². The first-order valence-corrected chi connectivity index (χ1v) is 6.80. The Morgan fingerprint density at radius 3 is 2.68 bits per heavy atom. The Morgan fingerprint density at radius 1 is 1.23 bits per heavy atom. The van der Waals surface area contributed by atoms with Crippen LogP contribution in [0.4, 0.5) is 0 Å². The van der Waals surface area contributed by atoms with Crippen molar-refractivity contribution in [2.24, 2.45) is 0 Å². The number of rotatable bonds is 5. The van der Waals surface area contributed by atoms with Gasteiger partial charge < -0.3 is 13.9 Å². The van der Waals surface area contributed by atoms with E-state index in [1.165, 1.54) is 0 Å². The van der Waals surface area contributed by atoms with Crippen LogP contribution < -0.4 is 9.47 Å². The SMILES string of the molecule is CCOc1ccc(OC(=O)c2cc(-c3ccco3)n[nH]2)cc1. The van der Waals surface area contributed by atoms with Crippen molar-refractivity contribution in [2.75, 3.05) is 6.61 Å². The fraction of sp³-hybridized carbons (Fsp3) is 0.125. The molecule has 3 aromatic rings. The monoisotopic (exact) mass is 298 g/mol. The summed E-state index contributed by atoms with van der Waals surface area (Å²) < 4.78 is 15.8. The predicted octanol–water partition coefficient (Wildman–Crippen LogP) is 3.29. The molecule has 0 amide bonds. The molecule has 0 spiro atoms. The number of benzene rings is 1. The Bertz CT molecular complexity index is 745. The van der Waals surface area contributed by atoms with E-state index in [1.54, 1.807) is 48.7 Å². The van der Waals surface area contributed by atoms with Crippen molar-refractivity contribution in [2.45, 2.75) is 6.92 Å². The molecule has 112 valence electrons. The summed E-state index contributed by atoms with van der Waals surface area (Å²) in [5.74, 6) is 1.22. The van der Waals surface area contributed by atoms with Crippen molar-refractivity contribution < 1.29 is 18.7 Å². The zero-order chi connectivity index (χ0) is 15.4. The molecule has 6 heteroatoms. The second-order valence-corrected chi connectivity index (χ2v) is 4.44. The molecule has 0 aliphatic carbocycles. The van der Waals surface area contributed by atoms with Crippen molar-refractivity contribution in [1.82, 2.24) is 10.2 Å². The first kappa shape index (κ1) is 13.9. The van der Waals surface area contributed by atoms with Gasteiger partial charge in [0.2, 0.25) is 0 Å². The van der Waals surface area contributed by atoms with Crippen LogP contribution in [0.3, 0.4) is 0 Å². The Labute approximate surface area is 126 Å². The van der Waals surface area contributed by atoms with Crippen LogP contribution >= 0.6 is 0 Å². The molecule has 0 bridgehead atoms. The van der Waals surface area contributed by atoms with Crippen molar-refractivity contribution in [1.29, 1.82) is 0 Å². The van der Waals surface area contributed by atoms with E-state index in [9.17, 15) is 4.79 Å². The third-order valence-electron chi connectivity index (χ3n) is 2.92. The van der Waals surface area contributed by atoms with Gasteiger partial charge in [0.25, 0.3) is 0 Å². The topological polar surface area (TPSA) is 77.3 Å². The molecule has 0 aliphatic rings. The normalized spacial score (nSPS) is 10.4. The highest BCUT2D eigenvalue weighted by atomic mass is 16.5. The highest BCUT2D eigenvalue weighted by molar-refractivity contribution is 5.90. The number of nitrogens with one attached hydrogen (secondary N) is 1. The molecule has 0 atom stereocenters. The molecule has 0 fully saturated rings. The third kappa shape index (κ3) is 3.01. The van der Waals surface area contributed by atoms with Gasteiger partial charge in [0.05, 0.1) is 12.9 Å². The van der Waals surface area contributed by atoms with Gasteiger partial charge >= 0.3 is 5.97 Å². The molecule has 2 heterocycles. The molecule has 2 aromatic heterocycles. The Kier molecular flexibility index (Phi) is 3.91. The van der Waals surface area contributed by atoms with E-state index in [0.717, 1.165) is 5.75 Å². The van der Waals surface area contributed by atoms with Crippen LogP contribution in [-0.2, 0) is 0 Å². The van der Waals surface area contributed by atoms with Crippen LogP contribution in [0.15, 0.2) is 53.1 Å². The lowest BCUT2D eigenvalue weighted by molar-refractivity contribution is 0.0728. The predicted molar refractivity (Wildman–Crippen MR) is 78.9 cm³/mol. The lowest BCUT2D eigenvalue weighted by Gasteiger charge is -2.05. The fourth-order valence-electron chi connectivity index (χ4n) is 1.91. The molecule has 6 nitrogen and oxygen atoms in total. The minimum absolute atomic E-state index is 0.250. The van der Waals surface area contributed by atoms with Gasteiger partial charge in [0.15, 0.2) is 5.76 Å². The van der Waals surface area contributed by atoms with Gasteiger partial charge in [0.1, 0.15) is 22.9 Å². The molecule has 0 unspecified atom stereocenters. The van der Waals surface area contributed by atoms with Gasteiger partial charge in [0, 0.05) is 6.07 Å². The number of esters is 1. The molecule has 3 rings (SSSR count). The zero-order valence-corrected chi connectivity index (χ0v) is 11.9. The van der Waals surface area contributed by atoms with Crippen LogP contribution in [0.25, 0.3) is 11.5 Å². The average molecular weight is 298 g/mol. The maximum atomic E-state index is 12.1. The summed E-state index contributed by atoms with van der Waals surface area (Å²) in [6.45, 7) is 2.49. The van der Waals surface area contributed by atoms with Crippen molar-refractivity contribution in [3.05, 3.63) is 54.4 Å². The Hall–Kier alpha value is -3.02. The zero-order valence-electron chi connectivity index (χ0n) is 11.9. The molecular weight excluding hydrogens is 284 g/mol. The largest absolute Gasteiger partial charge is 0.494 e. The molecule has 0 aliphatic heterocycles. The van der Waals surface area contributed by atoms with Crippen LogP contribution in [0, 0.1) is 0 Å². The summed E-state index contributed by atoms with van der Waals surface area (Å²) in [6.07, 6.45) is 1.54. The van der Waals surface area contributed by atoms with E-state index in [1.807, 2.05) is 6.92 Å². The summed E-state index contributed by atoms with van der Waals surface area (Å²) >= 11 is 0. The molecule has 0 saturated carbocycles.